The van der Waals surface area contributed by atoms with E-state index in [1.54, 1.807) is 17.8 Å². The van der Waals surface area contributed by atoms with Crippen molar-refractivity contribution in [1.82, 2.24) is 20.3 Å². The number of aliphatic hydroxyl groups is 1. The fraction of sp³-hybridized carbons (Fsp3) is 0.385. The Labute approximate surface area is 106 Å². The summed E-state index contributed by atoms with van der Waals surface area (Å²) >= 11 is 0. The van der Waals surface area contributed by atoms with E-state index in [1.165, 1.54) is 0 Å². The lowest BCUT2D eigenvalue weighted by atomic mass is 9.98. The maximum absolute atomic E-state index is 10.5. The molecule has 0 aliphatic carbocycles. The van der Waals surface area contributed by atoms with E-state index in [0.717, 1.165) is 12.2 Å². The third-order valence-corrected chi connectivity index (χ3v) is 2.96. The van der Waals surface area contributed by atoms with Gasteiger partial charge in [0.1, 0.15) is 5.60 Å². The molecule has 1 unspecified atom stereocenters. The maximum atomic E-state index is 10.5. The normalized spacial score (nSPS) is 14.4. The highest BCUT2D eigenvalue weighted by Crippen LogP contribution is 2.25. The summed E-state index contributed by atoms with van der Waals surface area (Å²) in [6.07, 6.45) is 2.21. The Bertz CT molecular complexity index is 493. The third-order valence-electron chi connectivity index (χ3n) is 2.96. The Morgan fingerprint density at radius 3 is 2.72 bits per heavy atom. The molecule has 0 aliphatic rings. The van der Waals surface area contributed by atoms with Gasteiger partial charge >= 0.3 is 0 Å². The van der Waals surface area contributed by atoms with Crippen LogP contribution in [0.3, 0.4) is 0 Å². The molecule has 0 bridgehead atoms. The molecule has 0 amide bonds. The first-order chi connectivity index (χ1) is 8.65. The van der Waals surface area contributed by atoms with E-state index in [0.29, 0.717) is 12.1 Å². The minimum Gasteiger partial charge on any atom is -0.384 e. The van der Waals surface area contributed by atoms with E-state index >= 15 is 0 Å². The second-order valence-electron chi connectivity index (χ2n) is 4.49. The third kappa shape index (κ3) is 2.57. The molecule has 0 aliphatic heterocycles. The van der Waals surface area contributed by atoms with Crippen molar-refractivity contribution in [3.8, 4) is 5.69 Å². The van der Waals surface area contributed by atoms with Crippen molar-refractivity contribution in [2.45, 2.75) is 18.9 Å². The summed E-state index contributed by atoms with van der Waals surface area (Å²) in [6, 6.07) is 9.68. The largest absolute Gasteiger partial charge is 0.384 e. The first kappa shape index (κ1) is 12.7. The zero-order valence-corrected chi connectivity index (χ0v) is 10.7. The number of aromatic nitrogens is 3. The van der Waals surface area contributed by atoms with Gasteiger partial charge in [-0.2, -0.15) is 0 Å². The molecule has 1 atom stereocenters. The average molecular weight is 246 g/mol. The molecule has 0 saturated heterocycles. The zero-order valence-electron chi connectivity index (χ0n) is 10.7. The van der Waals surface area contributed by atoms with Crippen LogP contribution in [0.15, 0.2) is 36.5 Å². The Balaban J connectivity index is 2.33. The molecule has 2 N–H and O–H groups in total. The molecule has 2 rings (SSSR count). The van der Waals surface area contributed by atoms with Crippen molar-refractivity contribution in [2.75, 3.05) is 13.6 Å². The van der Waals surface area contributed by atoms with Crippen LogP contribution in [0, 0.1) is 0 Å². The monoisotopic (exact) mass is 246 g/mol. The van der Waals surface area contributed by atoms with Crippen molar-refractivity contribution in [2.24, 2.45) is 0 Å². The molecule has 0 fully saturated rings. The lowest BCUT2D eigenvalue weighted by Gasteiger charge is -2.23. The van der Waals surface area contributed by atoms with Crippen LogP contribution in [-0.4, -0.2) is 33.7 Å². The van der Waals surface area contributed by atoms with Crippen LogP contribution in [0.4, 0.5) is 0 Å². The molecule has 5 nitrogen and oxygen atoms in total. The van der Waals surface area contributed by atoms with Crippen LogP contribution >= 0.6 is 0 Å². The molecule has 0 radical (unpaired) electrons. The number of hydrogen-bond donors (Lipinski definition) is 2. The summed E-state index contributed by atoms with van der Waals surface area (Å²) in [5.41, 5.74) is 0.640. The highest BCUT2D eigenvalue weighted by atomic mass is 16.3. The molecule has 5 heteroatoms. The Morgan fingerprint density at radius 2 is 2.06 bits per heavy atom. The summed E-state index contributed by atoms with van der Waals surface area (Å²) in [5, 5.41) is 21.5. The molecule has 1 heterocycles. The quantitative estimate of drug-likeness (QED) is 0.829. The SMILES string of the molecule is CNCCC(C)(O)c1cnnn1-c1ccccc1. The van der Waals surface area contributed by atoms with Crippen molar-refractivity contribution in [3.63, 3.8) is 0 Å². The van der Waals surface area contributed by atoms with Gasteiger partial charge in [0.2, 0.25) is 0 Å². The minimum absolute atomic E-state index is 0.601. The Kier molecular flexibility index (Phi) is 3.74. The predicted octanol–water partition coefficient (Wildman–Crippen LogP) is 1.08. The van der Waals surface area contributed by atoms with Crippen LogP contribution in [0.5, 0.6) is 0 Å². The second-order valence-corrected chi connectivity index (χ2v) is 4.49. The minimum atomic E-state index is -0.956. The Morgan fingerprint density at radius 1 is 1.33 bits per heavy atom. The molecule has 18 heavy (non-hydrogen) atoms. The standard InChI is InChI=1S/C13H18N4O/c1-13(18,8-9-14-2)12-10-15-16-17(12)11-6-4-3-5-7-11/h3-7,10,14,18H,8-9H2,1-2H3. The molecular formula is C13H18N4O. The maximum Gasteiger partial charge on any atom is 0.107 e. The van der Waals surface area contributed by atoms with E-state index in [-0.39, 0.29) is 0 Å². The molecule has 0 spiro atoms. The predicted molar refractivity (Wildman–Crippen MR) is 69.5 cm³/mol. The summed E-state index contributed by atoms with van der Waals surface area (Å²) in [4.78, 5) is 0. The second kappa shape index (κ2) is 5.29. The van der Waals surface area contributed by atoms with Crippen LogP contribution in [0.2, 0.25) is 0 Å². The topological polar surface area (TPSA) is 63.0 Å². The fourth-order valence-corrected chi connectivity index (χ4v) is 1.86. The number of benzene rings is 1. The average Bonchev–Trinajstić information content (AvgIpc) is 2.87. The van der Waals surface area contributed by atoms with Gasteiger partial charge in [-0.15, -0.1) is 5.10 Å². The number of para-hydroxylation sites is 1. The number of nitrogens with one attached hydrogen (secondary N) is 1. The van der Waals surface area contributed by atoms with Crippen molar-refractivity contribution in [1.29, 1.82) is 0 Å². The highest BCUT2D eigenvalue weighted by molar-refractivity contribution is 5.32. The zero-order chi connectivity index (χ0) is 13.0. The smallest absolute Gasteiger partial charge is 0.107 e. The highest BCUT2D eigenvalue weighted by Gasteiger charge is 2.27. The lowest BCUT2D eigenvalue weighted by Crippen LogP contribution is -2.29. The van der Waals surface area contributed by atoms with Gasteiger partial charge in [-0.05, 0) is 39.1 Å². The van der Waals surface area contributed by atoms with Crippen molar-refractivity contribution in [3.05, 3.63) is 42.2 Å². The van der Waals surface area contributed by atoms with E-state index in [4.69, 9.17) is 0 Å². The van der Waals surface area contributed by atoms with Crippen LogP contribution < -0.4 is 5.32 Å². The summed E-state index contributed by atoms with van der Waals surface area (Å²) in [5.74, 6) is 0. The Hall–Kier alpha value is -1.72. The van der Waals surface area contributed by atoms with E-state index in [9.17, 15) is 5.11 Å². The lowest BCUT2D eigenvalue weighted by molar-refractivity contribution is 0.0415. The molecule has 1 aromatic carbocycles. The van der Waals surface area contributed by atoms with Crippen LogP contribution in [0.1, 0.15) is 19.0 Å². The first-order valence-electron chi connectivity index (χ1n) is 5.99. The summed E-state index contributed by atoms with van der Waals surface area (Å²) in [7, 11) is 1.86. The van der Waals surface area contributed by atoms with Gasteiger partial charge in [-0.25, -0.2) is 4.68 Å². The van der Waals surface area contributed by atoms with Crippen molar-refractivity contribution >= 4 is 0 Å². The molecule has 1 aromatic heterocycles. The van der Waals surface area contributed by atoms with Crippen LogP contribution in [-0.2, 0) is 5.60 Å². The number of hydrogen-bond acceptors (Lipinski definition) is 4. The molecule has 2 aromatic rings. The summed E-state index contributed by atoms with van der Waals surface area (Å²) < 4.78 is 1.68. The molecule has 96 valence electrons. The van der Waals surface area contributed by atoms with Gasteiger partial charge in [0.05, 0.1) is 17.6 Å². The van der Waals surface area contributed by atoms with Gasteiger partial charge in [-0.3, -0.25) is 0 Å². The van der Waals surface area contributed by atoms with Crippen molar-refractivity contribution < 1.29 is 5.11 Å². The van der Waals surface area contributed by atoms with Crippen LogP contribution in [0.25, 0.3) is 5.69 Å². The van der Waals surface area contributed by atoms with Gasteiger partial charge in [0.25, 0.3) is 0 Å². The van der Waals surface area contributed by atoms with Gasteiger partial charge < -0.3 is 10.4 Å². The van der Waals surface area contributed by atoms with Gasteiger partial charge in [-0.1, -0.05) is 23.4 Å². The summed E-state index contributed by atoms with van der Waals surface area (Å²) in [6.45, 7) is 2.51. The number of nitrogens with zero attached hydrogens (tertiary/aromatic N) is 3. The van der Waals surface area contributed by atoms with E-state index < -0.39 is 5.60 Å². The molecule has 0 saturated carbocycles. The van der Waals surface area contributed by atoms with E-state index in [1.807, 2.05) is 37.4 Å². The van der Waals surface area contributed by atoms with Gasteiger partial charge in [0, 0.05) is 0 Å². The fourth-order valence-electron chi connectivity index (χ4n) is 1.86. The first-order valence-corrected chi connectivity index (χ1v) is 5.99. The molecular weight excluding hydrogens is 228 g/mol. The van der Waals surface area contributed by atoms with E-state index in [2.05, 4.69) is 15.6 Å². The van der Waals surface area contributed by atoms with Gasteiger partial charge in [0.15, 0.2) is 0 Å². The number of rotatable bonds is 5.